The third-order valence-electron chi connectivity index (χ3n) is 4.05. The molecular formula is C17H26N2O2. The lowest BCUT2D eigenvalue weighted by molar-refractivity contribution is -0.125. The Hall–Kier alpha value is -1.55. The Morgan fingerprint density at radius 2 is 2.14 bits per heavy atom. The van der Waals surface area contributed by atoms with Crippen molar-refractivity contribution < 1.29 is 9.53 Å². The van der Waals surface area contributed by atoms with Gasteiger partial charge in [-0.1, -0.05) is 19.1 Å². The van der Waals surface area contributed by atoms with Gasteiger partial charge in [0.15, 0.2) is 0 Å². The quantitative estimate of drug-likeness (QED) is 0.810. The van der Waals surface area contributed by atoms with E-state index in [0.29, 0.717) is 12.5 Å². The number of nitrogens with one attached hydrogen (secondary N) is 1. The van der Waals surface area contributed by atoms with E-state index in [4.69, 9.17) is 10.5 Å². The Kier molecular flexibility index (Phi) is 5.23. The van der Waals surface area contributed by atoms with Gasteiger partial charge in [0, 0.05) is 24.1 Å². The lowest BCUT2D eigenvalue weighted by Crippen LogP contribution is -2.38. The summed E-state index contributed by atoms with van der Waals surface area (Å²) >= 11 is 0. The SMILES string of the molecule is Cc1ccc(CNC(=O)C(C)C(C)N)c(OCC2CC2)c1. The van der Waals surface area contributed by atoms with Gasteiger partial charge in [0.2, 0.25) is 5.91 Å². The Morgan fingerprint density at radius 3 is 2.76 bits per heavy atom. The van der Waals surface area contributed by atoms with Gasteiger partial charge in [-0.15, -0.1) is 0 Å². The topological polar surface area (TPSA) is 64.4 Å². The smallest absolute Gasteiger partial charge is 0.224 e. The number of hydrogen-bond acceptors (Lipinski definition) is 3. The zero-order chi connectivity index (χ0) is 15.4. The van der Waals surface area contributed by atoms with E-state index in [0.717, 1.165) is 17.9 Å². The summed E-state index contributed by atoms with van der Waals surface area (Å²) in [7, 11) is 0. The van der Waals surface area contributed by atoms with E-state index in [1.807, 2.05) is 39.0 Å². The van der Waals surface area contributed by atoms with Crippen LogP contribution < -0.4 is 15.8 Å². The maximum Gasteiger partial charge on any atom is 0.224 e. The van der Waals surface area contributed by atoms with Crippen LogP contribution in [0.4, 0.5) is 0 Å². The van der Waals surface area contributed by atoms with Crippen molar-refractivity contribution in [3.63, 3.8) is 0 Å². The minimum absolute atomic E-state index is 0.0151. The Balaban J connectivity index is 1.96. The fourth-order valence-corrected chi connectivity index (χ4v) is 2.02. The molecule has 1 saturated carbocycles. The predicted molar refractivity (Wildman–Crippen MR) is 84.1 cm³/mol. The van der Waals surface area contributed by atoms with Crippen molar-refractivity contribution in [1.82, 2.24) is 5.32 Å². The lowest BCUT2D eigenvalue weighted by Gasteiger charge is -2.17. The molecule has 0 radical (unpaired) electrons. The molecule has 1 aromatic rings. The third kappa shape index (κ3) is 4.74. The van der Waals surface area contributed by atoms with E-state index in [1.54, 1.807) is 0 Å². The molecule has 4 nitrogen and oxygen atoms in total. The van der Waals surface area contributed by atoms with E-state index in [1.165, 1.54) is 18.4 Å². The molecular weight excluding hydrogens is 264 g/mol. The molecule has 3 N–H and O–H groups in total. The highest BCUT2D eigenvalue weighted by molar-refractivity contribution is 5.79. The summed E-state index contributed by atoms with van der Waals surface area (Å²) in [6.45, 7) is 7.00. The maximum atomic E-state index is 12.0. The number of hydrogen-bond donors (Lipinski definition) is 2. The van der Waals surface area contributed by atoms with Crippen LogP contribution in [-0.4, -0.2) is 18.6 Å². The maximum absolute atomic E-state index is 12.0. The standard InChI is InChI=1S/C17H26N2O2/c1-11-4-7-15(9-19-17(20)12(2)13(3)18)16(8-11)21-10-14-5-6-14/h4,7-8,12-14H,5-6,9-10,18H2,1-3H3,(H,19,20). The van der Waals surface area contributed by atoms with Crippen molar-refractivity contribution in [2.45, 2.75) is 46.2 Å². The van der Waals surface area contributed by atoms with Crippen molar-refractivity contribution in [2.75, 3.05) is 6.61 Å². The second kappa shape index (κ2) is 6.94. The van der Waals surface area contributed by atoms with E-state index in [9.17, 15) is 4.79 Å². The molecule has 1 fully saturated rings. The van der Waals surface area contributed by atoms with Crippen LogP contribution in [0.5, 0.6) is 5.75 Å². The lowest BCUT2D eigenvalue weighted by atomic mass is 10.0. The van der Waals surface area contributed by atoms with Gasteiger partial charge >= 0.3 is 0 Å². The summed E-state index contributed by atoms with van der Waals surface area (Å²) in [4.78, 5) is 12.0. The zero-order valence-corrected chi connectivity index (χ0v) is 13.2. The number of benzene rings is 1. The largest absolute Gasteiger partial charge is 0.493 e. The molecule has 0 spiro atoms. The van der Waals surface area contributed by atoms with Gasteiger partial charge in [0.1, 0.15) is 5.75 Å². The molecule has 0 saturated heterocycles. The van der Waals surface area contributed by atoms with Crippen molar-refractivity contribution in [2.24, 2.45) is 17.6 Å². The van der Waals surface area contributed by atoms with Gasteiger partial charge in [-0.2, -0.15) is 0 Å². The van der Waals surface area contributed by atoms with E-state index in [-0.39, 0.29) is 17.9 Å². The summed E-state index contributed by atoms with van der Waals surface area (Å²) < 4.78 is 5.91. The number of amides is 1. The second-order valence-corrected chi connectivity index (χ2v) is 6.23. The van der Waals surface area contributed by atoms with Crippen molar-refractivity contribution >= 4 is 5.91 Å². The van der Waals surface area contributed by atoms with Gasteiger partial charge in [0.25, 0.3) is 0 Å². The van der Waals surface area contributed by atoms with Crippen LogP contribution in [0.15, 0.2) is 18.2 Å². The van der Waals surface area contributed by atoms with Crippen molar-refractivity contribution in [3.8, 4) is 5.75 Å². The summed E-state index contributed by atoms with van der Waals surface area (Å²) in [6.07, 6.45) is 2.54. The molecule has 2 rings (SSSR count). The molecule has 21 heavy (non-hydrogen) atoms. The van der Waals surface area contributed by atoms with E-state index < -0.39 is 0 Å². The van der Waals surface area contributed by atoms with Crippen molar-refractivity contribution in [1.29, 1.82) is 0 Å². The molecule has 2 unspecified atom stereocenters. The number of carbonyl (C=O) groups excluding carboxylic acids is 1. The van der Waals surface area contributed by atoms with Crippen LogP contribution in [-0.2, 0) is 11.3 Å². The molecule has 0 aromatic heterocycles. The monoisotopic (exact) mass is 290 g/mol. The average molecular weight is 290 g/mol. The molecule has 0 aliphatic heterocycles. The number of ether oxygens (including phenoxy) is 1. The van der Waals surface area contributed by atoms with Crippen LogP contribution in [0.1, 0.15) is 37.8 Å². The van der Waals surface area contributed by atoms with Crippen LogP contribution in [0.3, 0.4) is 0 Å². The normalized spacial score (nSPS) is 17.1. The number of carbonyl (C=O) groups is 1. The summed E-state index contributed by atoms with van der Waals surface area (Å²) in [5.74, 6) is 1.40. The van der Waals surface area contributed by atoms with Crippen LogP contribution >= 0.6 is 0 Å². The van der Waals surface area contributed by atoms with Gasteiger partial charge in [-0.25, -0.2) is 0 Å². The first kappa shape index (κ1) is 15.8. The predicted octanol–water partition coefficient (Wildman–Crippen LogP) is 2.38. The molecule has 4 heteroatoms. The minimum Gasteiger partial charge on any atom is -0.493 e. The van der Waals surface area contributed by atoms with Gasteiger partial charge < -0.3 is 15.8 Å². The summed E-state index contributed by atoms with van der Waals surface area (Å²) in [5, 5.41) is 2.94. The highest BCUT2D eigenvalue weighted by Crippen LogP contribution is 2.30. The molecule has 1 amide bonds. The highest BCUT2D eigenvalue weighted by Gasteiger charge is 2.22. The molecule has 0 bridgehead atoms. The second-order valence-electron chi connectivity index (χ2n) is 6.23. The molecule has 0 heterocycles. The molecule has 1 aliphatic carbocycles. The fraction of sp³-hybridized carbons (Fsp3) is 0.588. The number of aryl methyl sites for hydroxylation is 1. The van der Waals surface area contributed by atoms with Crippen LogP contribution in [0.2, 0.25) is 0 Å². The number of nitrogens with two attached hydrogens (primary N) is 1. The Bertz CT molecular complexity index is 496. The molecule has 1 aromatic carbocycles. The first-order chi connectivity index (χ1) is 9.97. The Labute approximate surface area is 127 Å². The minimum atomic E-state index is -0.189. The molecule has 116 valence electrons. The summed E-state index contributed by atoms with van der Waals surface area (Å²) in [6, 6.07) is 5.96. The molecule has 2 atom stereocenters. The summed E-state index contributed by atoms with van der Waals surface area (Å²) in [5.41, 5.74) is 7.94. The van der Waals surface area contributed by atoms with Crippen LogP contribution in [0.25, 0.3) is 0 Å². The van der Waals surface area contributed by atoms with E-state index >= 15 is 0 Å². The zero-order valence-electron chi connectivity index (χ0n) is 13.2. The van der Waals surface area contributed by atoms with E-state index in [2.05, 4.69) is 5.32 Å². The average Bonchev–Trinajstić information content (AvgIpc) is 3.26. The first-order valence-corrected chi connectivity index (χ1v) is 7.73. The third-order valence-corrected chi connectivity index (χ3v) is 4.05. The Morgan fingerprint density at radius 1 is 1.43 bits per heavy atom. The van der Waals surface area contributed by atoms with Gasteiger partial charge in [-0.3, -0.25) is 4.79 Å². The fourth-order valence-electron chi connectivity index (χ4n) is 2.02. The van der Waals surface area contributed by atoms with Gasteiger partial charge in [-0.05, 0) is 44.2 Å². The highest BCUT2D eigenvalue weighted by atomic mass is 16.5. The number of rotatable bonds is 7. The van der Waals surface area contributed by atoms with Gasteiger partial charge in [0.05, 0.1) is 6.61 Å². The van der Waals surface area contributed by atoms with Crippen molar-refractivity contribution in [3.05, 3.63) is 29.3 Å². The molecule has 1 aliphatic rings. The van der Waals surface area contributed by atoms with Crippen LogP contribution in [0, 0.1) is 18.8 Å². The first-order valence-electron chi connectivity index (χ1n) is 7.73.